The summed E-state index contributed by atoms with van der Waals surface area (Å²) in [5.41, 5.74) is 7.39. The van der Waals surface area contributed by atoms with E-state index >= 15 is 0 Å². The lowest BCUT2D eigenvalue weighted by Crippen LogP contribution is -2.31. The fourth-order valence-electron chi connectivity index (χ4n) is 1.18. The molecular formula is C12H12ClN3O3. The number of rotatable bonds is 4. The van der Waals surface area contributed by atoms with Gasteiger partial charge >= 0.3 is 5.97 Å². The van der Waals surface area contributed by atoms with Gasteiger partial charge < -0.3 is 15.6 Å². The number of nitrogens with one attached hydrogen (secondary N) is 1. The minimum absolute atomic E-state index is 0.273. The number of carboxylic acids is 1. The highest BCUT2D eigenvalue weighted by Crippen LogP contribution is 2.22. The van der Waals surface area contributed by atoms with Crippen LogP contribution < -0.4 is 21.7 Å². The maximum absolute atomic E-state index is 10.7. The Morgan fingerprint density at radius 2 is 2.21 bits per heavy atom. The summed E-state index contributed by atoms with van der Waals surface area (Å²) in [5.74, 6) is 9.32. The zero-order chi connectivity index (χ0) is 14.4. The number of carbonyl (C=O) groups is 1. The predicted molar refractivity (Wildman–Crippen MR) is 70.8 cm³/mol. The fraction of sp³-hybridized carbons (Fsp3) is 0.0833. The summed E-state index contributed by atoms with van der Waals surface area (Å²) in [4.78, 5) is 10.7. The SMILES string of the molecule is CC#Cc1cc(O/C(NN)=C(/N)C(=O)O)ccc1Cl. The first-order valence-electron chi connectivity index (χ1n) is 5.09. The maximum atomic E-state index is 10.7. The molecule has 0 saturated heterocycles. The molecule has 1 aromatic carbocycles. The number of hydrogen-bond donors (Lipinski definition) is 4. The standard InChI is InChI=1S/C12H12ClN3O3/c1-2-3-7-6-8(4-5-9(7)13)19-11(16-15)10(14)12(17)18/h4-6,16H,14-15H2,1H3,(H,17,18)/b11-10+. The van der Waals surface area contributed by atoms with Crippen LogP contribution in [0.15, 0.2) is 29.8 Å². The van der Waals surface area contributed by atoms with Gasteiger partial charge in [0.1, 0.15) is 5.75 Å². The van der Waals surface area contributed by atoms with Gasteiger partial charge in [-0.25, -0.2) is 10.6 Å². The van der Waals surface area contributed by atoms with Gasteiger partial charge in [-0.1, -0.05) is 17.5 Å². The summed E-state index contributed by atoms with van der Waals surface area (Å²) in [6.45, 7) is 1.67. The molecule has 0 spiro atoms. The van der Waals surface area contributed by atoms with E-state index in [9.17, 15) is 4.79 Å². The highest BCUT2D eigenvalue weighted by atomic mass is 35.5. The molecule has 0 saturated carbocycles. The van der Waals surface area contributed by atoms with Crippen LogP contribution in [0.5, 0.6) is 5.75 Å². The van der Waals surface area contributed by atoms with Crippen LogP contribution in [0.1, 0.15) is 12.5 Å². The molecule has 0 radical (unpaired) electrons. The average Bonchev–Trinajstić information content (AvgIpc) is 2.39. The van der Waals surface area contributed by atoms with E-state index in [-0.39, 0.29) is 5.88 Å². The predicted octanol–water partition coefficient (Wildman–Crippen LogP) is 0.766. The number of hydrazine groups is 1. The van der Waals surface area contributed by atoms with Gasteiger partial charge in [-0.05, 0) is 25.1 Å². The van der Waals surface area contributed by atoms with E-state index in [4.69, 9.17) is 33.0 Å². The first kappa shape index (κ1) is 14.7. The van der Waals surface area contributed by atoms with Gasteiger partial charge in [0, 0.05) is 5.56 Å². The summed E-state index contributed by atoms with van der Waals surface area (Å²) in [7, 11) is 0. The molecule has 0 bridgehead atoms. The third-order valence-electron chi connectivity index (χ3n) is 2.02. The quantitative estimate of drug-likeness (QED) is 0.213. The summed E-state index contributed by atoms with van der Waals surface area (Å²) < 4.78 is 5.24. The van der Waals surface area contributed by atoms with E-state index in [0.717, 1.165) is 0 Å². The van der Waals surface area contributed by atoms with Gasteiger partial charge in [-0.15, -0.1) is 5.92 Å². The van der Waals surface area contributed by atoms with Crippen molar-refractivity contribution in [2.75, 3.05) is 0 Å². The van der Waals surface area contributed by atoms with Crippen LogP contribution in [0.3, 0.4) is 0 Å². The van der Waals surface area contributed by atoms with Crippen molar-refractivity contribution in [3.05, 3.63) is 40.4 Å². The van der Waals surface area contributed by atoms with Crippen LogP contribution in [-0.4, -0.2) is 11.1 Å². The van der Waals surface area contributed by atoms with Crippen LogP contribution in [-0.2, 0) is 4.79 Å². The van der Waals surface area contributed by atoms with Crippen LogP contribution in [0.4, 0.5) is 0 Å². The zero-order valence-electron chi connectivity index (χ0n) is 10.0. The monoisotopic (exact) mass is 281 g/mol. The van der Waals surface area contributed by atoms with E-state index in [2.05, 4.69) is 17.3 Å². The van der Waals surface area contributed by atoms with Gasteiger partial charge in [0.05, 0.1) is 5.02 Å². The summed E-state index contributed by atoms with van der Waals surface area (Å²) in [6.07, 6.45) is 0. The Labute approximate surface area is 115 Å². The molecule has 1 aromatic rings. The zero-order valence-corrected chi connectivity index (χ0v) is 10.8. The first-order valence-corrected chi connectivity index (χ1v) is 5.47. The third kappa shape index (κ3) is 3.81. The Balaban J connectivity index is 3.11. The van der Waals surface area contributed by atoms with E-state index in [0.29, 0.717) is 16.3 Å². The van der Waals surface area contributed by atoms with E-state index in [1.54, 1.807) is 19.1 Å². The smallest absolute Gasteiger partial charge is 0.357 e. The van der Waals surface area contributed by atoms with Crippen molar-refractivity contribution in [3.63, 3.8) is 0 Å². The van der Waals surface area contributed by atoms with Crippen LogP contribution >= 0.6 is 11.6 Å². The molecule has 6 N–H and O–H groups in total. The molecule has 0 fully saturated rings. The number of benzene rings is 1. The molecule has 100 valence electrons. The number of ether oxygens (including phenoxy) is 1. The lowest BCUT2D eigenvalue weighted by molar-refractivity contribution is -0.132. The van der Waals surface area contributed by atoms with Crippen molar-refractivity contribution in [2.24, 2.45) is 11.6 Å². The van der Waals surface area contributed by atoms with Crippen LogP contribution in [0.2, 0.25) is 5.02 Å². The second-order valence-corrected chi connectivity index (χ2v) is 3.72. The van der Waals surface area contributed by atoms with Gasteiger partial charge in [-0.3, -0.25) is 5.43 Å². The van der Waals surface area contributed by atoms with Gasteiger partial charge in [0.15, 0.2) is 5.70 Å². The Hall–Kier alpha value is -2.36. The topological polar surface area (TPSA) is 111 Å². The molecule has 19 heavy (non-hydrogen) atoms. The van der Waals surface area contributed by atoms with Crippen molar-refractivity contribution in [3.8, 4) is 17.6 Å². The molecule has 0 aliphatic rings. The molecule has 7 heteroatoms. The molecule has 0 unspecified atom stereocenters. The molecule has 6 nitrogen and oxygen atoms in total. The third-order valence-corrected chi connectivity index (χ3v) is 2.35. The number of halogens is 1. The van der Waals surface area contributed by atoms with Gasteiger partial charge in [-0.2, -0.15) is 0 Å². The Morgan fingerprint density at radius 3 is 2.74 bits per heavy atom. The van der Waals surface area contributed by atoms with Crippen molar-refractivity contribution < 1.29 is 14.6 Å². The molecule has 0 heterocycles. The van der Waals surface area contributed by atoms with Crippen LogP contribution in [0, 0.1) is 11.8 Å². The van der Waals surface area contributed by atoms with Gasteiger partial charge in [0.25, 0.3) is 0 Å². The fourth-order valence-corrected chi connectivity index (χ4v) is 1.34. The summed E-state index contributed by atoms with van der Waals surface area (Å²) in [5, 5.41) is 9.20. The highest BCUT2D eigenvalue weighted by Gasteiger charge is 2.12. The number of nitrogens with two attached hydrogens (primary N) is 2. The summed E-state index contributed by atoms with van der Waals surface area (Å²) >= 11 is 5.93. The Kier molecular flexibility index (Phi) is 5.06. The van der Waals surface area contributed by atoms with E-state index < -0.39 is 11.7 Å². The minimum Gasteiger partial charge on any atom is -0.476 e. The second-order valence-electron chi connectivity index (χ2n) is 3.31. The van der Waals surface area contributed by atoms with Crippen molar-refractivity contribution in [1.82, 2.24) is 5.43 Å². The molecular weight excluding hydrogens is 270 g/mol. The Morgan fingerprint density at radius 1 is 1.53 bits per heavy atom. The minimum atomic E-state index is -1.35. The second kappa shape index (κ2) is 6.54. The Bertz CT molecular complexity index is 588. The van der Waals surface area contributed by atoms with E-state index in [1.807, 2.05) is 0 Å². The van der Waals surface area contributed by atoms with E-state index in [1.165, 1.54) is 6.07 Å². The lowest BCUT2D eigenvalue weighted by Gasteiger charge is -2.11. The number of aliphatic carboxylic acids is 1. The van der Waals surface area contributed by atoms with Crippen LogP contribution in [0.25, 0.3) is 0 Å². The average molecular weight is 282 g/mol. The number of carboxylic acid groups (broad SMARTS) is 1. The number of hydrogen-bond acceptors (Lipinski definition) is 5. The molecule has 0 amide bonds. The molecule has 1 rings (SSSR count). The normalized spacial score (nSPS) is 10.9. The maximum Gasteiger partial charge on any atom is 0.357 e. The van der Waals surface area contributed by atoms with Crippen molar-refractivity contribution in [1.29, 1.82) is 0 Å². The molecule has 0 aromatic heterocycles. The van der Waals surface area contributed by atoms with Crippen molar-refractivity contribution in [2.45, 2.75) is 6.92 Å². The molecule has 0 atom stereocenters. The molecule has 0 aliphatic carbocycles. The van der Waals surface area contributed by atoms with Gasteiger partial charge in [0.2, 0.25) is 5.88 Å². The summed E-state index contributed by atoms with van der Waals surface area (Å²) in [6, 6.07) is 4.66. The molecule has 0 aliphatic heterocycles. The largest absolute Gasteiger partial charge is 0.476 e. The first-order chi connectivity index (χ1) is 8.99. The van der Waals surface area contributed by atoms with Crippen molar-refractivity contribution >= 4 is 17.6 Å². The highest BCUT2D eigenvalue weighted by molar-refractivity contribution is 6.31. The lowest BCUT2D eigenvalue weighted by atomic mass is 10.2.